The molecule has 8 heteroatoms. The van der Waals surface area contributed by atoms with Crippen LogP contribution in [0.2, 0.25) is 0 Å². The molecule has 23 heavy (non-hydrogen) atoms. The van der Waals surface area contributed by atoms with E-state index in [-0.39, 0.29) is 11.7 Å². The SMILES string of the molecule is CN(C)S(=O)(=O)CCCN1C[C@@H](C(=O)O)[C@H](c2ccccn2)C1. The largest absolute Gasteiger partial charge is 0.481 e. The van der Waals surface area contributed by atoms with Crippen LogP contribution in [0.1, 0.15) is 18.0 Å². The highest BCUT2D eigenvalue weighted by Gasteiger charge is 2.39. The highest BCUT2D eigenvalue weighted by Crippen LogP contribution is 2.31. The number of carbonyl (C=O) groups is 1. The highest BCUT2D eigenvalue weighted by molar-refractivity contribution is 7.89. The molecular weight excluding hydrogens is 318 g/mol. The molecular formula is C15H23N3O4S. The maximum atomic E-state index is 11.8. The molecule has 1 saturated heterocycles. The number of likely N-dealkylation sites (tertiary alicyclic amines) is 1. The molecule has 1 aliphatic rings. The summed E-state index contributed by atoms with van der Waals surface area (Å²) in [5.41, 5.74) is 0.781. The van der Waals surface area contributed by atoms with Crippen molar-refractivity contribution >= 4 is 16.0 Å². The van der Waals surface area contributed by atoms with E-state index in [2.05, 4.69) is 4.98 Å². The Hall–Kier alpha value is -1.51. The third-order valence-corrected chi connectivity index (χ3v) is 6.13. The van der Waals surface area contributed by atoms with Gasteiger partial charge in [-0.1, -0.05) is 6.07 Å². The molecule has 128 valence electrons. The summed E-state index contributed by atoms with van der Waals surface area (Å²) >= 11 is 0. The van der Waals surface area contributed by atoms with Gasteiger partial charge < -0.3 is 10.0 Å². The van der Waals surface area contributed by atoms with E-state index >= 15 is 0 Å². The fourth-order valence-electron chi connectivity index (χ4n) is 2.87. The Morgan fingerprint density at radius 3 is 2.70 bits per heavy atom. The molecule has 0 bridgehead atoms. The van der Waals surface area contributed by atoms with Gasteiger partial charge in [0.2, 0.25) is 10.0 Å². The van der Waals surface area contributed by atoms with Crippen molar-refractivity contribution in [2.75, 3.05) is 39.5 Å². The van der Waals surface area contributed by atoms with Gasteiger partial charge in [-0.2, -0.15) is 0 Å². The summed E-state index contributed by atoms with van der Waals surface area (Å²) in [4.78, 5) is 17.8. The number of nitrogens with zero attached hydrogens (tertiary/aromatic N) is 3. The van der Waals surface area contributed by atoms with Gasteiger partial charge in [-0.05, 0) is 25.1 Å². The van der Waals surface area contributed by atoms with Crippen LogP contribution in [0.3, 0.4) is 0 Å². The third kappa shape index (κ3) is 4.49. The van der Waals surface area contributed by atoms with Crippen LogP contribution in [-0.4, -0.2) is 73.2 Å². The van der Waals surface area contributed by atoms with Gasteiger partial charge in [0.15, 0.2) is 0 Å². The van der Waals surface area contributed by atoms with E-state index in [1.54, 1.807) is 12.3 Å². The van der Waals surface area contributed by atoms with E-state index in [0.29, 0.717) is 26.1 Å². The van der Waals surface area contributed by atoms with Crippen LogP contribution in [0.5, 0.6) is 0 Å². The number of carboxylic acid groups (broad SMARTS) is 1. The quantitative estimate of drug-likeness (QED) is 0.775. The van der Waals surface area contributed by atoms with Crippen molar-refractivity contribution in [3.05, 3.63) is 30.1 Å². The maximum Gasteiger partial charge on any atom is 0.308 e. The smallest absolute Gasteiger partial charge is 0.308 e. The van der Waals surface area contributed by atoms with Gasteiger partial charge in [-0.15, -0.1) is 0 Å². The number of pyridine rings is 1. The molecule has 0 radical (unpaired) electrons. The first-order chi connectivity index (χ1) is 10.8. The first kappa shape index (κ1) is 17.8. The summed E-state index contributed by atoms with van der Waals surface area (Å²) in [5, 5.41) is 9.43. The summed E-state index contributed by atoms with van der Waals surface area (Å²) in [6.07, 6.45) is 2.16. The lowest BCUT2D eigenvalue weighted by Gasteiger charge is -2.16. The minimum Gasteiger partial charge on any atom is -0.481 e. The molecule has 0 amide bonds. The zero-order valence-electron chi connectivity index (χ0n) is 13.4. The number of aliphatic carboxylic acids is 1. The molecule has 2 rings (SSSR count). The average molecular weight is 341 g/mol. The first-order valence-corrected chi connectivity index (χ1v) is 9.18. The number of rotatable bonds is 7. The van der Waals surface area contributed by atoms with E-state index in [1.165, 1.54) is 18.4 Å². The van der Waals surface area contributed by atoms with Gasteiger partial charge in [0.05, 0.1) is 11.7 Å². The molecule has 0 aromatic carbocycles. The van der Waals surface area contributed by atoms with Crippen molar-refractivity contribution in [1.82, 2.24) is 14.2 Å². The fraction of sp³-hybridized carbons (Fsp3) is 0.600. The van der Waals surface area contributed by atoms with Crippen LogP contribution in [-0.2, 0) is 14.8 Å². The molecule has 7 nitrogen and oxygen atoms in total. The summed E-state index contributed by atoms with van der Waals surface area (Å²) in [5.74, 6) is -1.42. The Morgan fingerprint density at radius 1 is 1.39 bits per heavy atom. The predicted octanol–water partition coefficient (Wildman–Crippen LogP) is 0.463. The molecule has 1 fully saturated rings. The van der Waals surface area contributed by atoms with Crippen LogP contribution in [0.25, 0.3) is 0 Å². The number of hydrogen-bond donors (Lipinski definition) is 1. The second kappa shape index (κ2) is 7.37. The topological polar surface area (TPSA) is 90.8 Å². The Labute approximate surface area is 137 Å². The van der Waals surface area contributed by atoms with Crippen molar-refractivity contribution in [3.63, 3.8) is 0 Å². The summed E-state index contributed by atoms with van der Waals surface area (Å²) in [6.45, 7) is 1.59. The van der Waals surface area contributed by atoms with E-state index in [0.717, 1.165) is 5.69 Å². The van der Waals surface area contributed by atoms with Crippen molar-refractivity contribution in [1.29, 1.82) is 0 Å². The van der Waals surface area contributed by atoms with E-state index in [1.807, 2.05) is 17.0 Å². The normalized spacial score (nSPS) is 22.6. The summed E-state index contributed by atoms with van der Waals surface area (Å²) in [7, 11) is -0.174. The molecule has 0 spiro atoms. The van der Waals surface area contributed by atoms with Gasteiger partial charge in [-0.25, -0.2) is 12.7 Å². The molecule has 2 atom stereocenters. The lowest BCUT2D eigenvalue weighted by Crippen LogP contribution is -2.29. The predicted molar refractivity (Wildman–Crippen MR) is 86.6 cm³/mol. The average Bonchev–Trinajstić information content (AvgIpc) is 2.92. The zero-order valence-corrected chi connectivity index (χ0v) is 14.2. The maximum absolute atomic E-state index is 11.8. The van der Waals surface area contributed by atoms with Crippen LogP contribution in [0.15, 0.2) is 24.4 Å². The van der Waals surface area contributed by atoms with E-state index < -0.39 is 21.9 Å². The summed E-state index contributed by atoms with van der Waals surface area (Å²) in [6, 6.07) is 5.51. The molecule has 1 aromatic heterocycles. The molecule has 1 aromatic rings. The van der Waals surface area contributed by atoms with Crippen LogP contribution >= 0.6 is 0 Å². The molecule has 0 saturated carbocycles. The minimum absolute atomic E-state index is 0.0719. The third-order valence-electron chi connectivity index (χ3n) is 4.21. The number of aromatic nitrogens is 1. The number of hydrogen-bond acceptors (Lipinski definition) is 5. The molecule has 1 aliphatic heterocycles. The van der Waals surface area contributed by atoms with Gasteiger partial charge in [0, 0.05) is 45.0 Å². The van der Waals surface area contributed by atoms with E-state index in [9.17, 15) is 18.3 Å². The Kier molecular flexibility index (Phi) is 5.72. The van der Waals surface area contributed by atoms with Crippen molar-refractivity contribution < 1.29 is 18.3 Å². The van der Waals surface area contributed by atoms with Crippen molar-refractivity contribution in [2.45, 2.75) is 12.3 Å². The van der Waals surface area contributed by atoms with Gasteiger partial charge in [0.25, 0.3) is 0 Å². The molecule has 0 aliphatic carbocycles. The lowest BCUT2D eigenvalue weighted by molar-refractivity contribution is -0.141. The van der Waals surface area contributed by atoms with E-state index in [4.69, 9.17) is 0 Å². The summed E-state index contributed by atoms with van der Waals surface area (Å²) < 4.78 is 24.7. The minimum atomic E-state index is -3.21. The highest BCUT2D eigenvalue weighted by atomic mass is 32.2. The standard InChI is InChI=1S/C15H23N3O4S/c1-17(2)23(21,22)9-5-8-18-10-12(13(11-18)15(19)20)14-6-3-4-7-16-14/h3-4,6-7,12-13H,5,8-11H2,1-2H3,(H,19,20)/t12-,13-/m1/s1. The Morgan fingerprint density at radius 2 is 2.13 bits per heavy atom. The Balaban J connectivity index is 1.97. The molecule has 0 unspecified atom stereocenters. The van der Waals surface area contributed by atoms with Crippen LogP contribution in [0.4, 0.5) is 0 Å². The number of sulfonamides is 1. The number of carboxylic acids is 1. The fourth-order valence-corrected chi connectivity index (χ4v) is 3.73. The monoisotopic (exact) mass is 341 g/mol. The first-order valence-electron chi connectivity index (χ1n) is 7.57. The van der Waals surface area contributed by atoms with Gasteiger partial charge in [-0.3, -0.25) is 9.78 Å². The van der Waals surface area contributed by atoms with Crippen molar-refractivity contribution in [3.8, 4) is 0 Å². The molecule has 2 heterocycles. The molecule has 1 N–H and O–H groups in total. The van der Waals surface area contributed by atoms with Crippen LogP contribution in [0, 0.1) is 5.92 Å². The zero-order chi connectivity index (χ0) is 17.0. The van der Waals surface area contributed by atoms with Crippen LogP contribution < -0.4 is 0 Å². The Bertz CT molecular complexity index is 633. The van der Waals surface area contributed by atoms with Gasteiger partial charge >= 0.3 is 5.97 Å². The second-order valence-corrected chi connectivity index (χ2v) is 8.32. The lowest BCUT2D eigenvalue weighted by atomic mass is 9.93. The van der Waals surface area contributed by atoms with Gasteiger partial charge in [0.1, 0.15) is 0 Å². The second-order valence-electron chi connectivity index (χ2n) is 6.02. The van der Waals surface area contributed by atoms with Crippen molar-refractivity contribution in [2.24, 2.45) is 5.92 Å².